The average molecular weight is 324 g/mol. The molecule has 2 atom stereocenters. The molecular weight excluding hydrogens is 307 g/mol. The molecule has 1 amide bonds. The van der Waals surface area contributed by atoms with Crippen LogP contribution in [0.1, 0.15) is 19.3 Å². The second-order valence-electron chi connectivity index (χ2n) is 4.07. The zero-order valence-electron chi connectivity index (χ0n) is 8.75. The highest BCUT2D eigenvalue weighted by Crippen LogP contribution is 2.15. The Balaban J connectivity index is 1.88. The molecule has 0 aromatic rings. The van der Waals surface area contributed by atoms with E-state index in [2.05, 4.69) is 27.9 Å². The van der Waals surface area contributed by atoms with Gasteiger partial charge in [0, 0.05) is 6.54 Å². The van der Waals surface area contributed by atoms with Gasteiger partial charge in [-0.1, -0.05) is 6.42 Å². The van der Waals surface area contributed by atoms with Crippen LogP contribution in [0.15, 0.2) is 0 Å². The van der Waals surface area contributed by atoms with Crippen molar-refractivity contribution in [3.63, 3.8) is 0 Å². The summed E-state index contributed by atoms with van der Waals surface area (Å²) in [6.07, 6.45) is 3.35. The van der Waals surface area contributed by atoms with E-state index >= 15 is 0 Å². The first kappa shape index (κ1) is 11.6. The molecule has 5 heteroatoms. The SMILES string of the molecule is O=C(C1CCCCN1)N1CCOC(I)C1. The fourth-order valence-electron chi connectivity index (χ4n) is 2.09. The van der Waals surface area contributed by atoms with Crippen molar-refractivity contribution in [3.8, 4) is 0 Å². The first-order valence-corrected chi connectivity index (χ1v) is 6.80. The van der Waals surface area contributed by atoms with Crippen LogP contribution in [-0.4, -0.2) is 47.2 Å². The standard InChI is InChI=1S/C10H17IN2O2/c11-9-7-13(5-6-15-9)10(14)8-3-1-2-4-12-8/h8-9,12H,1-7H2. The van der Waals surface area contributed by atoms with Gasteiger partial charge in [-0.05, 0) is 42.0 Å². The third-order valence-electron chi connectivity index (χ3n) is 2.94. The number of alkyl halides is 1. The van der Waals surface area contributed by atoms with E-state index < -0.39 is 0 Å². The Labute approximate surface area is 104 Å². The van der Waals surface area contributed by atoms with Crippen LogP contribution in [0, 0.1) is 0 Å². The summed E-state index contributed by atoms with van der Waals surface area (Å²) in [5.41, 5.74) is 0. The lowest BCUT2D eigenvalue weighted by Crippen LogP contribution is -2.52. The van der Waals surface area contributed by atoms with Gasteiger partial charge in [0.25, 0.3) is 0 Å². The number of piperidine rings is 1. The molecule has 2 aliphatic rings. The molecule has 2 heterocycles. The van der Waals surface area contributed by atoms with Crippen LogP contribution in [0.4, 0.5) is 0 Å². The maximum Gasteiger partial charge on any atom is 0.239 e. The van der Waals surface area contributed by atoms with Gasteiger partial charge in [0.05, 0.1) is 19.2 Å². The second kappa shape index (κ2) is 5.45. The van der Waals surface area contributed by atoms with E-state index in [9.17, 15) is 4.79 Å². The van der Waals surface area contributed by atoms with Crippen LogP contribution < -0.4 is 5.32 Å². The van der Waals surface area contributed by atoms with E-state index in [1.165, 1.54) is 12.8 Å². The van der Waals surface area contributed by atoms with Crippen molar-refractivity contribution in [2.75, 3.05) is 26.2 Å². The third-order valence-corrected chi connectivity index (χ3v) is 3.70. The number of hydrogen-bond donors (Lipinski definition) is 1. The third kappa shape index (κ3) is 3.04. The van der Waals surface area contributed by atoms with Crippen molar-refractivity contribution in [1.82, 2.24) is 10.2 Å². The molecule has 0 aliphatic carbocycles. The van der Waals surface area contributed by atoms with Crippen molar-refractivity contribution in [2.45, 2.75) is 29.4 Å². The molecule has 1 N–H and O–H groups in total. The fourth-order valence-corrected chi connectivity index (χ4v) is 2.82. The monoisotopic (exact) mass is 324 g/mol. The van der Waals surface area contributed by atoms with Crippen LogP contribution in [0.5, 0.6) is 0 Å². The lowest BCUT2D eigenvalue weighted by molar-refractivity contribution is -0.138. The van der Waals surface area contributed by atoms with Crippen LogP contribution in [0.25, 0.3) is 0 Å². The molecular formula is C10H17IN2O2. The number of morpholine rings is 1. The zero-order chi connectivity index (χ0) is 10.7. The minimum atomic E-state index is 0.0560. The Morgan fingerprint density at radius 1 is 1.47 bits per heavy atom. The van der Waals surface area contributed by atoms with Crippen molar-refractivity contribution >= 4 is 28.5 Å². The molecule has 2 aliphatic heterocycles. The van der Waals surface area contributed by atoms with E-state index in [1.807, 2.05) is 4.90 Å². The lowest BCUT2D eigenvalue weighted by atomic mass is 10.0. The van der Waals surface area contributed by atoms with Gasteiger partial charge < -0.3 is 15.0 Å². The van der Waals surface area contributed by atoms with Crippen LogP contribution >= 0.6 is 22.6 Å². The summed E-state index contributed by atoms with van der Waals surface area (Å²) in [6.45, 7) is 3.13. The number of halogens is 1. The van der Waals surface area contributed by atoms with Gasteiger partial charge in [0.15, 0.2) is 0 Å². The van der Waals surface area contributed by atoms with E-state index in [0.717, 1.165) is 26.1 Å². The van der Waals surface area contributed by atoms with Crippen molar-refractivity contribution in [3.05, 3.63) is 0 Å². The maximum atomic E-state index is 12.1. The fraction of sp³-hybridized carbons (Fsp3) is 0.900. The molecule has 0 saturated carbocycles. The summed E-state index contributed by atoms with van der Waals surface area (Å²) >= 11 is 2.24. The molecule has 15 heavy (non-hydrogen) atoms. The predicted octanol–water partition coefficient (Wildman–Crippen LogP) is 0.748. The molecule has 0 bridgehead atoms. The van der Waals surface area contributed by atoms with Gasteiger partial charge in [-0.3, -0.25) is 4.79 Å². The first-order chi connectivity index (χ1) is 7.27. The van der Waals surface area contributed by atoms with Gasteiger partial charge >= 0.3 is 0 Å². The first-order valence-electron chi connectivity index (χ1n) is 5.55. The zero-order valence-corrected chi connectivity index (χ0v) is 10.9. The molecule has 2 fully saturated rings. The summed E-state index contributed by atoms with van der Waals surface area (Å²) in [4.78, 5) is 14.0. The van der Waals surface area contributed by atoms with E-state index in [0.29, 0.717) is 6.61 Å². The molecule has 4 nitrogen and oxygen atoms in total. The Hall–Kier alpha value is 0.120. The predicted molar refractivity (Wildman–Crippen MR) is 66.0 cm³/mol. The number of nitrogens with one attached hydrogen (secondary N) is 1. The molecule has 2 unspecified atom stereocenters. The molecule has 2 rings (SSSR count). The normalized spacial score (nSPS) is 32.7. The van der Waals surface area contributed by atoms with E-state index in [1.54, 1.807) is 0 Å². The average Bonchev–Trinajstić information content (AvgIpc) is 2.29. The minimum absolute atomic E-state index is 0.0560. The van der Waals surface area contributed by atoms with Crippen LogP contribution in [-0.2, 0) is 9.53 Å². The largest absolute Gasteiger partial charge is 0.364 e. The van der Waals surface area contributed by atoms with Crippen molar-refractivity contribution < 1.29 is 9.53 Å². The highest BCUT2D eigenvalue weighted by Gasteiger charge is 2.28. The van der Waals surface area contributed by atoms with E-state index in [4.69, 9.17) is 4.74 Å². The minimum Gasteiger partial charge on any atom is -0.364 e. The Morgan fingerprint density at radius 2 is 2.33 bits per heavy atom. The Kier molecular flexibility index (Phi) is 4.21. The lowest BCUT2D eigenvalue weighted by Gasteiger charge is -2.34. The molecule has 0 aromatic heterocycles. The number of rotatable bonds is 1. The number of carbonyl (C=O) groups is 1. The quantitative estimate of drug-likeness (QED) is 0.572. The highest BCUT2D eigenvalue weighted by atomic mass is 127. The summed E-state index contributed by atoms with van der Waals surface area (Å²) in [5.74, 6) is 0.264. The molecule has 86 valence electrons. The van der Waals surface area contributed by atoms with E-state index in [-0.39, 0.29) is 16.1 Å². The molecule has 0 radical (unpaired) electrons. The van der Waals surface area contributed by atoms with Crippen molar-refractivity contribution in [1.29, 1.82) is 0 Å². The number of hydrogen-bond acceptors (Lipinski definition) is 3. The summed E-state index contributed by atoms with van der Waals surface area (Å²) in [6, 6.07) is 0.0560. The topological polar surface area (TPSA) is 41.6 Å². The maximum absolute atomic E-state index is 12.1. The molecule has 2 saturated heterocycles. The summed E-state index contributed by atoms with van der Waals surface area (Å²) in [5, 5.41) is 3.30. The molecule has 0 spiro atoms. The highest BCUT2D eigenvalue weighted by molar-refractivity contribution is 14.1. The summed E-state index contributed by atoms with van der Waals surface area (Å²) in [7, 11) is 0. The van der Waals surface area contributed by atoms with Crippen molar-refractivity contribution in [2.24, 2.45) is 0 Å². The Morgan fingerprint density at radius 3 is 3.00 bits per heavy atom. The second-order valence-corrected chi connectivity index (χ2v) is 5.46. The van der Waals surface area contributed by atoms with Crippen LogP contribution in [0.2, 0.25) is 0 Å². The smallest absolute Gasteiger partial charge is 0.239 e. The van der Waals surface area contributed by atoms with Crippen LogP contribution in [0.3, 0.4) is 0 Å². The van der Waals surface area contributed by atoms with Gasteiger partial charge in [0.1, 0.15) is 4.11 Å². The Bertz CT molecular complexity index is 231. The number of ether oxygens (including phenoxy) is 1. The van der Waals surface area contributed by atoms with Gasteiger partial charge in [-0.2, -0.15) is 0 Å². The number of carbonyl (C=O) groups excluding carboxylic acids is 1. The number of amides is 1. The molecule has 0 aromatic carbocycles. The van der Waals surface area contributed by atoms with Gasteiger partial charge in [-0.25, -0.2) is 0 Å². The van der Waals surface area contributed by atoms with Gasteiger partial charge in [-0.15, -0.1) is 0 Å². The summed E-state index contributed by atoms with van der Waals surface area (Å²) < 4.78 is 5.57. The number of nitrogens with zero attached hydrogens (tertiary/aromatic N) is 1. The van der Waals surface area contributed by atoms with Gasteiger partial charge in [0.2, 0.25) is 5.91 Å².